The van der Waals surface area contributed by atoms with Gasteiger partial charge in [0, 0.05) is 31.1 Å². The molecule has 1 amide bonds. The number of hydrogen-bond donors (Lipinski definition) is 2. The van der Waals surface area contributed by atoms with Crippen molar-refractivity contribution in [2.75, 3.05) is 13.2 Å². The van der Waals surface area contributed by atoms with E-state index in [1.54, 1.807) is 11.3 Å². The average Bonchev–Trinajstić information content (AvgIpc) is 3.45. The van der Waals surface area contributed by atoms with Crippen LogP contribution in [0, 0.1) is 17.8 Å². The lowest BCUT2D eigenvalue weighted by atomic mass is 9.81. The van der Waals surface area contributed by atoms with Crippen molar-refractivity contribution in [3.05, 3.63) is 34.2 Å². The van der Waals surface area contributed by atoms with E-state index in [4.69, 9.17) is 9.47 Å². The van der Waals surface area contributed by atoms with Crippen LogP contribution in [0.3, 0.4) is 0 Å². The molecule has 1 aliphatic heterocycles. The van der Waals surface area contributed by atoms with Crippen molar-refractivity contribution in [2.45, 2.75) is 63.7 Å². The number of aliphatic hydroxyl groups excluding tert-OH is 1. The zero-order valence-electron chi connectivity index (χ0n) is 16.5. The Balaban J connectivity index is 1.54. The van der Waals surface area contributed by atoms with Crippen LogP contribution in [0.5, 0.6) is 0 Å². The molecule has 3 aliphatic rings. The van der Waals surface area contributed by atoms with Gasteiger partial charge in [0.05, 0.1) is 0 Å². The molecule has 2 bridgehead atoms. The van der Waals surface area contributed by atoms with Crippen LogP contribution in [-0.4, -0.2) is 36.6 Å². The van der Waals surface area contributed by atoms with Gasteiger partial charge in [-0.05, 0) is 79.3 Å². The number of amides is 1. The third kappa shape index (κ3) is 4.14. The molecule has 6 atom stereocenters. The molecule has 3 unspecified atom stereocenters. The number of ether oxygens (including phenoxy) is 2. The van der Waals surface area contributed by atoms with Gasteiger partial charge in [-0.25, -0.2) is 0 Å². The maximum absolute atomic E-state index is 13.0. The van der Waals surface area contributed by atoms with Crippen LogP contribution in [-0.2, 0) is 14.3 Å². The highest BCUT2D eigenvalue weighted by molar-refractivity contribution is 7.08. The molecule has 2 N–H and O–H groups in total. The number of aliphatic hydroxyl groups is 1. The lowest BCUT2D eigenvalue weighted by Gasteiger charge is -2.37. The van der Waals surface area contributed by atoms with Crippen LogP contribution in [0.2, 0.25) is 0 Å². The molecule has 5 nitrogen and oxygen atoms in total. The van der Waals surface area contributed by atoms with Gasteiger partial charge >= 0.3 is 0 Å². The topological polar surface area (TPSA) is 67.8 Å². The van der Waals surface area contributed by atoms with E-state index in [9.17, 15) is 9.90 Å². The molecule has 0 saturated heterocycles. The standard InChI is InChI=1S/C22H31NO4S/c1-2-26-22-17(4-3-8-24)18(16-7-9-28-13-16)12-20(27-22)21(25)23-19-11-14-5-6-15(19)10-14/h7,9,12-15,17-19,22,24H,2-6,8,10-11H2,1H3,(H,23,25)/t14?,15?,17-,18+,19?,22+/m1/s1. The molecule has 2 fully saturated rings. The Morgan fingerprint density at radius 3 is 2.93 bits per heavy atom. The molecule has 0 aromatic carbocycles. The second-order valence-corrected chi connectivity index (χ2v) is 9.12. The van der Waals surface area contributed by atoms with Gasteiger partial charge in [0.1, 0.15) is 0 Å². The highest BCUT2D eigenvalue weighted by Gasteiger charge is 2.42. The maximum Gasteiger partial charge on any atom is 0.286 e. The number of carbonyl (C=O) groups is 1. The third-order valence-corrected chi connectivity index (χ3v) is 7.32. The molecule has 1 aromatic heterocycles. The van der Waals surface area contributed by atoms with Gasteiger partial charge in [-0.2, -0.15) is 11.3 Å². The number of rotatable bonds is 8. The molecular formula is C22H31NO4S. The summed E-state index contributed by atoms with van der Waals surface area (Å²) in [6.07, 6.45) is 7.90. The lowest BCUT2D eigenvalue weighted by molar-refractivity contribution is -0.166. The Morgan fingerprint density at radius 2 is 2.29 bits per heavy atom. The van der Waals surface area contributed by atoms with E-state index < -0.39 is 6.29 Å². The molecule has 28 heavy (non-hydrogen) atoms. The Bertz CT molecular complexity index is 689. The second kappa shape index (κ2) is 8.97. The van der Waals surface area contributed by atoms with Gasteiger partial charge in [0.2, 0.25) is 6.29 Å². The fourth-order valence-electron chi connectivity index (χ4n) is 5.27. The third-order valence-electron chi connectivity index (χ3n) is 6.62. The van der Waals surface area contributed by atoms with E-state index in [-0.39, 0.29) is 30.4 Å². The van der Waals surface area contributed by atoms with Gasteiger partial charge < -0.3 is 19.9 Å². The predicted molar refractivity (Wildman–Crippen MR) is 109 cm³/mol. The first-order chi connectivity index (χ1) is 13.7. The first-order valence-corrected chi connectivity index (χ1v) is 11.6. The zero-order chi connectivity index (χ0) is 19.5. The second-order valence-electron chi connectivity index (χ2n) is 8.34. The number of allylic oxidation sites excluding steroid dienone is 1. The average molecular weight is 406 g/mol. The van der Waals surface area contributed by atoms with Crippen molar-refractivity contribution in [1.29, 1.82) is 0 Å². The van der Waals surface area contributed by atoms with Crippen LogP contribution in [0.4, 0.5) is 0 Å². The highest BCUT2D eigenvalue weighted by Crippen LogP contribution is 2.45. The van der Waals surface area contributed by atoms with Gasteiger partial charge in [0.25, 0.3) is 5.91 Å². The highest BCUT2D eigenvalue weighted by atomic mass is 32.1. The predicted octanol–water partition coefficient (Wildman–Crippen LogP) is 3.80. The van der Waals surface area contributed by atoms with E-state index in [0.29, 0.717) is 24.7 Å². The first kappa shape index (κ1) is 19.9. The molecule has 2 heterocycles. The van der Waals surface area contributed by atoms with Gasteiger partial charge in [0.15, 0.2) is 5.76 Å². The van der Waals surface area contributed by atoms with Crippen LogP contribution in [0.25, 0.3) is 0 Å². The van der Waals surface area contributed by atoms with E-state index in [0.717, 1.165) is 18.8 Å². The largest absolute Gasteiger partial charge is 0.459 e. The zero-order valence-corrected chi connectivity index (χ0v) is 17.3. The summed E-state index contributed by atoms with van der Waals surface area (Å²) in [7, 11) is 0. The molecule has 154 valence electrons. The monoisotopic (exact) mass is 405 g/mol. The minimum Gasteiger partial charge on any atom is -0.459 e. The van der Waals surface area contributed by atoms with Crippen molar-refractivity contribution in [1.82, 2.24) is 5.32 Å². The minimum atomic E-state index is -0.466. The number of thiophene rings is 1. The summed E-state index contributed by atoms with van der Waals surface area (Å²) >= 11 is 1.66. The molecule has 0 radical (unpaired) electrons. The Hall–Kier alpha value is -1.37. The first-order valence-electron chi connectivity index (χ1n) is 10.6. The molecule has 4 rings (SSSR count). The van der Waals surface area contributed by atoms with Crippen LogP contribution in [0.15, 0.2) is 28.7 Å². The van der Waals surface area contributed by atoms with E-state index in [1.165, 1.54) is 24.8 Å². The molecule has 6 heteroatoms. The van der Waals surface area contributed by atoms with Crippen molar-refractivity contribution in [2.24, 2.45) is 17.8 Å². The summed E-state index contributed by atoms with van der Waals surface area (Å²) in [4.78, 5) is 13.0. The molecule has 1 aromatic rings. The normalized spacial score (nSPS) is 34.1. The summed E-state index contributed by atoms with van der Waals surface area (Å²) in [6.45, 7) is 2.62. The quantitative estimate of drug-likeness (QED) is 0.690. The summed E-state index contributed by atoms with van der Waals surface area (Å²) in [5.41, 5.74) is 1.19. The Labute approximate surface area is 171 Å². The molecule has 2 saturated carbocycles. The van der Waals surface area contributed by atoms with Crippen LogP contribution in [0.1, 0.15) is 56.9 Å². The number of nitrogens with one attached hydrogen (secondary N) is 1. The lowest BCUT2D eigenvalue weighted by Crippen LogP contribution is -2.43. The van der Waals surface area contributed by atoms with Crippen molar-refractivity contribution in [3.8, 4) is 0 Å². The maximum atomic E-state index is 13.0. The number of carbonyl (C=O) groups excluding carboxylic acids is 1. The summed E-state index contributed by atoms with van der Waals surface area (Å²) in [6, 6.07) is 2.39. The SMILES string of the molecule is CCO[C@H]1OC(C(=O)NC2CC3CCC2C3)=C[C@@H](c2ccsc2)[C@H]1CCCO. The Kier molecular flexibility index (Phi) is 6.38. The van der Waals surface area contributed by atoms with E-state index >= 15 is 0 Å². The fraction of sp³-hybridized carbons (Fsp3) is 0.682. The minimum absolute atomic E-state index is 0.0591. The van der Waals surface area contributed by atoms with Crippen LogP contribution >= 0.6 is 11.3 Å². The van der Waals surface area contributed by atoms with Crippen molar-refractivity contribution in [3.63, 3.8) is 0 Å². The van der Waals surface area contributed by atoms with Gasteiger partial charge in [-0.3, -0.25) is 4.79 Å². The van der Waals surface area contributed by atoms with E-state index in [2.05, 4.69) is 22.1 Å². The smallest absolute Gasteiger partial charge is 0.286 e. The summed E-state index contributed by atoms with van der Waals surface area (Å²) < 4.78 is 12.0. The summed E-state index contributed by atoms with van der Waals surface area (Å²) in [5.74, 6) is 1.84. The Morgan fingerprint density at radius 1 is 1.39 bits per heavy atom. The van der Waals surface area contributed by atoms with Crippen LogP contribution < -0.4 is 5.32 Å². The van der Waals surface area contributed by atoms with Gasteiger partial charge in [-0.15, -0.1) is 0 Å². The molecule has 0 spiro atoms. The van der Waals surface area contributed by atoms with Crippen molar-refractivity contribution < 1.29 is 19.4 Å². The number of fused-ring (bicyclic) bond motifs is 2. The van der Waals surface area contributed by atoms with Crippen molar-refractivity contribution >= 4 is 17.2 Å². The van der Waals surface area contributed by atoms with E-state index in [1.807, 2.05) is 13.0 Å². The fourth-order valence-corrected chi connectivity index (χ4v) is 5.98. The number of hydrogen-bond acceptors (Lipinski definition) is 5. The summed E-state index contributed by atoms with van der Waals surface area (Å²) in [5, 5.41) is 16.8. The molecule has 2 aliphatic carbocycles. The van der Waals surface area contributed by atoms with Gasteiger partial charge in [-0.1, -0.05) is 6.42 Å². The molecular weight excluding hydrogens is 374 g/mol.